The van der Waals surface area contributed by atoms with Gasteiger partial charge in [-0.1, -0.05) is 12.1 Å². The third-order valence-electron chi connectivity index (χ3n) is 5.45. The first-order chi connectivity index (χ1) is 12.5. The molecule has 0 saturated carbocycles. The van der Waals surface area contributed by atoms with Crippen molar-refractivity contribution >= 4 is 5.71 Å². The molecule has 1 fully saturated rings. The molecule has 3 rings (SSSR count). The molecule has 1 saturated heterocycles. The minimum atomic E-state index is -4.68. The number of benzene rings is 1. The van der Waals surface area contributed by atoms with Crippen LogP contribution in [0.15, 0.2) is 29.4 Å². The highest BCUT2D eigenvalue weighted by Crippen LogP contribution is 2.41. The van der Waals surface area contributed by atoms with Crippen LogP contribution in [0.3, 0.4) is 0 Å². The van der Waals surface area contributed by atoms with Crippen LogP contribution in [0.25, 0.3) is 0 Å². The van der Waals surface area contributed by atoms with Crippen molar-refractivity contribution in [3.63, 3.8) is 0 Å². The summed E-state index contributed by atoms with van der Waals surface area (Å²) in [4.78, 5) is 8.43. The number of nitrogens with zero attached hydrogens (tertiary/aromatic N) is 2. The minimum Gasteiger partial charge on any atom is -0.406 e. The van der Waals surface area contributed by atoms with Gasteiger partial charge in [-0.15, -0.1) is 13.2 Å². The fourth-order valence-electron chi connectivity index (χ4n) is 4.17. The molecule has 0 aliphatic carbocycles. The molecular weight excluding hydrogens is 357 g/mol. The first-order valence-electron chi connectivity index (χ1n) is 9.39. The summed E-state index contributed by atoms with van der Waals surface area (Å²) < 4.78 is 40.8. The molecule has 0 bridgehead atoms. The van der Waals surface area contributed by atoms with E-state index in [1.807, 2.05) is 0 Å². The highest BCUT2D eigenvalue weighted by Gasteiger charge is 2.47. The Morgan fingerprint density at radius 2 is 1.89 bits per heavy atom. The Bertz CT molecular complexity index is 695. The van der Waals surface area contributed by atoms with Crippen LogP contribution < -0.4 is 4.74 Å². The highest BCUT2D eigenvalue weighted by atomic mass is 19.4. The van der Waals surface area contributed by atoms with Gasteiger partial charge in [0.1, 0.15) is 11.4 Å². The van der Waals surface area contributed by atoms with Crippen molar-refractivity contribution in [2.45, 2.75) is 76.9 Å². The van der Waals surface area contributed by atoms with E-state index in [0.717, 1.165) is 37.1 Å². The Balaban J connectivity index is 1.68. The molecule has 27 heavy (non-hydrogen) atoms. The predicted octanol–water partition coefficient (Wildman–Crippen LogP) is 5.12. The Kier molecular flexibility index (Phi) is 5.18. The summed E-state index contributed by atoms with van der Waals surface area (Å²) in [7, 11) is 0. The Morgan fingerprint density at radius 3 is 2.44 bits per heavy atom. The number of likely N-dealkylation sites (tertiary alicyclic amines) is 1. The van der Waals surface area contributed by atoms with E-state index in [4.69, 9.17) is 4.84 Å². The highest BCUT2D eigenvalue weighted by molar-refractivity contribution is 6.01. The van der Waals surface area contributed by atoms with E-state index in [2.05, 4.69) is 42.5 Å². The number of oxime groups is 1. The van der Waals surface area contributed by atoms with Crippen molar-refractivity contribution in [1.82, 2.24) is 4.90 Å². The van der Waals surface area contributed by atoms with Gasteiger partial charge in [-0.3, -0.25) is 4.90 Å². The maximum absolute atomic E-state index is 12.3. The van der Waals surface area contributed by atoms with Crippen molar-refractivity contribution < 1.29 is 22.7 Å². The standard InChI is InChI=1S/C20H27F3N2O2/c1-5-15-12-19(10-11-25(15)18(2,3)4)13-17(24-27-19)14-6-8-16(9-7-14)26-20(21,22)23/h6-9,15H,5,10-13H2,1-4H3/t15-,19+/m1/s1. The normalized spacial score (nSPS) is 26.8. The Morgan fingerprint density at radius 1 is 1.22 bits per heavy atom. The molecule has 2 aliphatic heterocycles. The van der Waals surface area contributed by atoms with Gasteiger partial charge >= 0.3 is 6.36 Å². The van der Waals surface area contributed by atoms with E-state index in [9.17, 15) is 13.2 Å². The topological polar surface area (TPSA) is 34.1 Å². The fourth-order valence-corrected chi connectivity index (χ4v) is 4.17. The van der Waals surface area contributed by atoms with Crippen LogP contribution in [-0.2, 0) is 4.84 Å². The van der Waals surface area contributed by atoms with Crippen LogP contribution in [0.1, 0.15) is 58.9 Å². The quantitative estimate of drug-likeness (QED) is 0.725. The van der Waals surface area contributed by atoms with Gasteiger partial charge in [0.25, 0.3) is 0 Å². The molecule has 2 atom stereocenters. The van der Waals surface area contributed by atoms with Crippen LogP contribution in [0, 0.1) is 0 Å². The molecule has 0 radical (unpaired) electrons. The van der Waals surface area contributed by atoms with E-state index < -0.39 is 6.36 Å². The second kappa shape index (κ2) is 7.00. The molecule has 2 heterocycles. The molecule has 0 amide bonds. The molecule has 1 aromatic rings. The van der Waals surface area contributed by atoms with Crippen molar-refractivity contribution in [2.75, 3.05) is 6.54 Å². The lowest BCUT2D eigenvalue weighted by molar-refractivity contribution is -0.274. The maximum atomic E-state index is 12.3. The molecule has 0 unspecified atom stereocenters. The van der Waals surface area contributed by atoms with Gasteiger partial charge in [-0.25, -0.2) is 0 Å². The van der Waals surface area contributed by atoms with Gasteiger partial charge in [0, 0.05) is 37.4 Å². The van der Waals surface area contributed by atoms with E-state index in [0.29, 0.717) is 12.5 Å². The number of hydrogen-bond donors (Lipinski definition) is 0. The zero-order valence-corrected chi connectivity index (χ0v) is 16.3. The van der Waals surface area contributed by atoms with E-state index in [-0.39, 0.29) is 16.9 Å². The molecule has 4 nitrogen and oxygen atoms in total. The minimum absolute atomic E-state index is 0.110. The summed E-state index contributed by atoms with van der Waals surface area (Å²) in [5.41, 5.74) is 1.36. The van der Waals surface area contributed by atoms with Crippen LogP contribution in [0.5, 0.6) is 5.75 Å². The lowest BCUT2D eigenvalue weighted by Gasteiger charge is -2.49. The molecule has 150 valence electrons. The van der Waals surface area contributed by atoms with Crippen molar-refractivity contribution in [2.24, 2.45) is 5.16 Å². The van der Waals surface area contributed by atoms with Crippen molar-refractivity contribution in [1.29, 1.82) is 0 Å². The zero-order valence-electron chi connectivity index (χ0n) is 16.3. The van der Waals surface area contributed by atoms with E-state index in [1.54, 1.807) is 12.1 Å². The number of ether oxygens (including phenoxy) is 1. The van der Waals surface area contributed by atoms with Crippen LogP contribution >= 0.6 is 0 Å². The molecular formula is C20H27F3N2O2. The summed E-state index contributed by atoms with van der Waals surface area (Å²) >= 11 is 0. The largest absolute Gasteiger partial charge is 0.573 e. The number of piperidine rings is 1. The number of alkyl halides is 3. The Hall–Kier alpha value is -1.76. The maximum Gasteiger partial charge on any atom is 0.573 e. The van der Waals surface area contributed by atoms with E-state index in [1.165, 1.54) is 12.1 Å². The average Bonchev–Trinajstić information content (AvgIpc) is 2.96. The van der Waals surface area contributed by atoms with Gasteiger partial charge < -0.3 is 9.57 Å². The first kappa shape index (κ1) is 20.0. The monoisotopic (exact) mass is 384 g/mol. The van der Waals surface area contributed by atoms with Crippen LogP contribution in [0.2, 0.25) is 0 Å². The molecule has 1 spiro atoms. The van der Waals surface area contributed by atoms with Crippen molar-refractivity contribution in [3.8, 4) is 5.75 Å². The van der Waals surface area contributed by atoms with Gasteiger partial charge in [0.05, 0.1) is 5.71 Å². The van der Waals surface area contributed by atoms with Crippen LogP contribution in [-0.4, -0.2) is 40.7 Å². The predicted molar refractivity (Wildman–Crippen MR) is 97.9 cm³/mol. The molecule has 0 N–H and O–H groups in total. The molecule has 0 aromatic heterocycles. The summed E-state index contributed by atoms with van der Waals surface area (Å²) in [6, 6.07) is 6.25. The van der Waals surface area contributed by atoms with Gasteiger partial charge in [0.15, 0.2) is 0 Å². The van der Waals surface area contributed by atoms with Crippen molar-refractivity contribution in [3.05, 3.63) is 29.8 Å². The summed E-state index contributed by atoms with van der Waals surface area (Å²) in [5, 5.41) is 4.28. The number of hydrogen-bond acceptors (Lipinski definition) is 4. The number of rotatable bonds is 3. The Labute approximate surface area is 158 Å². The fraction of sp³-hybridized carbons (Fsp3) is 0.650. The smallest absolute Gasteiger partial charge is 0.406 e. The third-order valence-corrected chi connectivity index (χ3v) is 5.45. The van der Waals surface area contributed by atoms with Gasteiger partial charge in [-0.2, -0.15) is 0 Å². The second-order valence-corrected chi connectivity index (χ2v) is 8.44. The lowest BCUT2D eigenvalue weighted by atomic mass is 9.79. The molecule has 1 aromatic carbocycles. The SMILES string of the molecule is CC[C@@H]1C[C@@]2(CCN1C(C)(C)C)CC(c1ccc(OC(F)(F)F)cc1)=NO2. The molecule has 7 heteroatoms. The third kappa shape index (κ3) is 4.57. The van der Waals surface area contributed by atoms with Gasteiger partial charge in [-0.05, 0) is 57.0 Å². The van der Waals surface area contributed by atoms with Crippen LogP contribution in [0.4, 0.5) is 13.2 Å². The van der Waals surface area contributed by atoms with Gasteiger partial charge in [0.2, 0.25) is 0 Å². The summed E-state index contributed by atoms with van der Waals surface area (Å²) in [6.07, 6.45) is -1.16. The lowest BCUT2D eigenvalue weighted by Crippen LogP contribution is -2.56. The van der Waals surface area contributed by atoms with E-state index >= 15 is 0 Å². The molecule has 2 aliphatic rings. The zero-order chi connectivity index (χ0) is 19.9. The average molecular weight is 384 g/mol. The summed E-state index contributed by atoms with van der Waals surface area (Å²) in [6.45, 7) is 9.84. The number of halogens is 3. The first-order valence-corrected chi connectivity index (χ1v) is 9.39. The second-order valence-electron chi connectivity index (χ2n) is 8.44. The summed E-state index contributed by atoms with van der Waals surface area (Å²) in [5.74, 6) is -0.231.